The smallest absolute Gasteiger partial charge is 0.341 e. The zero-order valence-corrected chi connectivity index (χ0v) is 9.17. The standard InChI is InChI=1S/C11H12O6/c1-7-2-3-8(16-5-10(12)13)4-9(7)17-6-11(14)15/h2-4H,5-6H2,1H3,(H,12,13)(H,14,15). The molecule has 0 atom stereocenters. The summed E-state index contributed by atoms with van der Waals surface area (Å²) in [6.07, 6.45) is 0. The zero-order chi connectivity index (χ0) is 12.8. The first-order chi connectivity index (χ1) is 7.99. The molecule has 0 aromatic heterocycles. The second kappa shape index (κ2) is 5.74. The van der Waals surface area contributed by atoms with Gasteiger partial charge < -0.3 is 19.7 Å². The lowest BCUT2D eigenvalue weighted by molar-refractivity contribution is -0.140. The van der Waals surface area contributed by atoms with E-state index in [1.54, 1.807) is 19.1 Å². The van der Waals surface area contributed by atoms with Crippen LogP contribution in [0.25, 0.3) is 0 Å². The Hall–Kier alpha value is -2.24. The summed E-state index contributed by atoms with van der Waals surface area (Å²) < 4.78 is 9.96. The van der Waals surface area contributed by atoms with Crippen LogP contribution in [-0.4, -0.2) is 35.4 Å². The van der Waals surface area contributed by atoms with Gasteiger partial charge in [-0.25, -0.2) is 9.59 Å². The van der Waals surface area contributed by atoms with Crippen molar-refractivity contribution >= 4 is 11.9 Å². The number of hydrogen-bond donors (Lipinski definition) is 2. The third-order valence-electron chi connectivity index (χ3n) is 1.87. The van der Waals surface area contributed by atoms with Crippen molar-refractivity contribution in [1.82, 2.24) is 0 Å². The van der Waals surface area contributed by atoms with Crippen LogP contribution in [0.2, 0.25) is 0 Å². The predicted molar refractivity (Wildman–Crippen MR) is 57.4 cm³/mol. The number of benzene rings is 1. The number of rotatable bonds is 6. The Kier molecular flexibility index (Phi) is 4.33. The molecule has 0 aliphatic heterocycles. The number of carboxylic acid groups (broad SMARTS) is 2. The van der Waals surface area contributed by atoms with Crippen molar-refractivity contribution in [2.24, 2.45) is 0 Å². The molecule has 0 bridgehead atoms. The Morgan fingerprint density at radius 3 is 2.29 bits per heavy atom. The van der Waals surface area contributed by atoms with Gasteiger partial charge in [-0.3, -0.25) is 0 Å². The third kappa shape index (κ3) is 4.42. The van der Waals surface area contributed by atoms with E-state index in [0.717, 1.165) is 5.56 Å². The summed E-state index contributed by atoms with van der Waals surface area (Å²) in [7, 11) is 0. The average molecular weight is 240 g/mol. The summed E-state index contributed by atoms with van der Waals surface area (Å²) in [4.78, 5) is 20.7. The molecular formula is C11H12O6. The largest absolute Gasteiger partial charge is 0.482 e. The Bertz CT molecular complexity index is 426. The fraction of sp³-hybridized carbons (Fsp3) is 0.273. The van der Waals surface area contributed by atoms with Gasteiger partial charge >= 0.3 is 11.9 Å². The van der Waals surface area contributed by atoms with Crippen LogP contribution < -0.4 is 9.47 Å². The second-order valence-corrected chi connectivity index (χ2v) is 3.29. The molecule has 92 valence electrons. The zero-order valence-electron chi connectivity index (χ0n) is 9.17. The molecule has 0 amide bonds. The molecule has 0 saturated heterocycles. The van der Waals surface area contributed by atoms with Gasteiger partial charge in [0.05, 0.1) is 0 Å². The molecule has 0 saturated carbocycles. The second-order valence-electron chi connectivity index (χ2n) is 3.29. The monoisotopic (exact) mass is 240 g/mol. The topological polar surface area (TPSA) is 93.1 Å². The van der Waals surface area contributed by atoms with E-state index in [1.165, 1.54) is 6.07 Å². The summed E-state index contributed by atoms with van der Waals surface area (Å²) in [5.74, 6) is -1.49. The van der Waals surface area contributed by atoms with Gasteiger partial charge in [-0.15, -0.1) is 0 Å². The summed E-state index contributed by atoms with van der Waals surface area (Å²) >= 11 is 0. The number of carboxylic acids is 2. The van der Waals surface area contributed by atoms with Crippen LogP contribution in [0.5, 0.6) is 11.5 Å². The summed E-state index contributed by atoms with van der Waals surface area (Å²) in [5.41, 5.74) is 0.744. The highest BCUT2D eigenvalue weighted by atomic mass is 16.5. The molecule has 17 heavy (non-hydrogen) atoms. The van der Waals surface area contributed by atoms with E-state index in [1.807, 2.05) is 0 Å². The van der Waals surface area contributed by atoms with Crippen LogP contribution in [0.1, 0.15) is 5.56 Å². The van der Waals surface area contributed by atoms with Crippen molar-refractivity contribution < 1.29 is 29.3 Å². The van der Waals surface area contributed by atoms with Gasteiger partial charge in [0.15, 0.2) is 13.2 Å². The number of hydrogen-bond acceptors (Lipinski definition) is 4. The van der Waals surface area contributed by atoms with Gasteiger partial charge in [0.1, 0.15) is 11.5 Å². The minimum Gasteiger partial charge on any atom is -0.482 e. The fourth-order valence-corrected chi connectivity index (χ4v) is 1.11. The Balaban J connectivity index is 2.71. The summed E-state index contributed by atoms with van der Waals surface area (Å²) in [5, 5.41) is 16.9. The Labute approximate surface area is 97.4 Å². The summed E-state index contributed by atoms with van der Waals surface area (Å²) in [6, 6.07) is 4.71. The highest BCUT2D eigenvalue weighted by molar-refractivity contribution is 5.69. The Morgan fingerprint density at radius 2 is 1.71 bits per heavy atom. The molecule has 0 aliphatic rings. The third-order valence-corrected chi connectivity index (χ3v) is 1.87. The quantitative estimate of drug-likeness (QED) is 0.768. The molecule has 6 heteroatoms. The highest BCUT2D eigenvalue weighted by Crippen LogP contribution is 2.24. The van der Waals surface area contributed by atoms with Crippen molar-refractivity contribution in [3.05, 3.63) is 23.8 Å². The van der Waals surface area contributed by atoms with Crippen LogP contribution in [0.4, 0.5) is 0 Å². The lowest BCUT2D eigenvalue weighted by Crippen LogP contribution is -2.11. The predicted octanol–water partition coefficient (Wildman–Crippen LogP) is 0.922. The maximum absolute atomic E-state index is 10.3. The van der Waals surface area contributed by atoms with Gasteiger partial charge in [0, 0.05) is 6.07 Å². The first-order valence-corrected chi connectivity index (χ1v) is 4.79. The van der Waals surface area contributed by atoms with E-state index in [0.29, 0.717) is 11.5 Å². The molecule has 6 nitrogen and oxygen atoms in total. The lowest BCUT2D eigenvalue weighted by Gasteiger charge is -2.09. The van der Waals surface area contributed by atoms with E-state index >= 15 is 0 Å². The minimum absolute atomic E-state index is 0.318. The van der Waals surface area contributed by atoms with Crippen LogP contribution in [0.15, 0.2) is 18.2 Å². The number of carbonyl (C=O) groups is 2. The molecule has 1 aromatic carbocycles. The molecule has 0 fully saturated rings. The summed E-state index contributed by atoms with van der Waals surface area (Å²) in [6.45, 7) is 0.836. The molecule has 1 aromatic rings. The van der Waals surface area contributed by atoms with Crippen LogP contribution in [-0.2, 0) is 9.59 Å². The van der Waals surface area contributed by atoms with E-state index < -0.39 is 25.2 Å². The number of aliphatic carboxylic acids is 2. The van der Waals surface area contributed by atoms with Gasteiger partial charge in [0.25, 0.3) is 0 Å². The van der Waals surface area contributed by atoms with E-state index in [-0.39, 0.29) is 0 Å². The van der Waals surface area contributed by atoms with E-state index in [4.69, 9.17) is 19.7 Å². The van der Waals surface area contributed by atoms with Crippen LogP contribution >= 0.6 is 0 Å². The van der Waals surface area contributed by atoms with Crippen molar-refractivity contribution in [3.63, 3.8) is 0 Å². The minimum atomic E-state index is -1.08. The fourth-order valence-electron chi connectivity index (χ4n) is 1.11. The number of ether oxygens (including phenoxy) is 2. The molecule has 0 aliphatic carbocycles. The number of aryl methyl sites for hydroxylation is 1. The molecule has 2 N–H and O–H groups in total. The molecular weight excluding hydrogens is 228 g/mol. The molecule has 1 rings (SSSR count). The maximum atomic E-state index is 10.3. The average Bonchev–Trinajstić information content (AvgIpc) is 2.26. The van der Waals surface area contributed by atoms with Gasteiger partial charge in [-0.1, -0.05) is 6.07 Å². The first-order valence-electron chi connectivity index (χ1n) is 4.79. The van der Waals surface area contributed by atoms with E-state index in [9.17, 15) is 9.59 Å². The molecule has 0 unspecified atom stereocenters. The molecule has 0 heterocycles. The van der Waals surface area contributed by atoms with Gasteiger partial charge in [-0.05, 0) is 18.6 Å². The van der Waals surface area contributed by atoms with Gasteiger partial charge in [0.2, 0.25) is 0 Å². The van der Waals surface area contributed by atoms with Crippen LogP contribution in [0.3, 0.4) is 0 Å². The van der Waals surface area contributed by atoms with Gasteiger partial charge in [-0.2, -0.15) is 0 Å². The normalized spacial score (nSPS) is 9.71. The first kappa shape index (κ1) is 12.8. The maximum Gasteiger partial charge on any atom is 0.341 e. The van der Waals surface area contributed by atoms with Crippen LogP contribution in [0, 0.1) is 6.92 Å². The Morgan fingerprint density at radius 1 is 1.12 bits per heavy atom. The SMILES string of the molecule is Cc1ccc(OCC(=O)O)cc1OCC(=O)O. The van der Waals surface area contributed by atoms with Crippen molar-refractivity contribution in [2.45, 2.75) is 6.92 Å². The van der Waals surface area contributed by atoms with Crippen molar-refractivity contribution in [3.8, 4) is 11.5 Å². The van der Waals surface area contributed by atoms with Crippen molar-refractivity contribution in [2.75, 3.05) is 13.2 Å². The molecule has 0 radical (unpaired) electrons. The lowest BCUT2D eigenvalue weighted by atomic mass is 10.2. The van der Waals surface area contributed by atoms with Crippen molar-refractivity contribution in [1.29, 1.82) is 0 Å². The van der Waals surface area contributed by atoms with E-state index in [2.05, 4.69) is 0 Å². The highest BCUT2D eigenvalue weighted by Gasteiger charge is 2.06. The molecule has 0 spiro atoms.